The third-order valence-electron chi connectivity index (χ3n) is 4.69. The van der Waals surface area contributed by atoms with Crippen molar-refractivity contribution in [3.8, 4) is 0 Å². The van der Waals surface area contributed by atoms with Gasteiger partial charge in [0.25, 0.3) is 5.91 Å². The standard InChI is InChI=1S/C19H32N4O/c1-14(2)12-23-9-8-16(13-23)10-21-19(24)17-6-7-18(20-11-17)22(5)15(3)4/h6-7,11,14-16H,8-10,12-13H2,1-5H3,(H,21,24)/t16-/m0/s1. The van der Waals surface area contributed by atoms with Crippen LogP contribution in [0.3, 0.4) is 0 Å². The van der Waals surface area contributed by atoms with Crippen molar-refractivity contribution in [2.75, 3.05) is 38.1 Å². The Labute approximate surface area is 146 Å². The van der Waals surface area contributed by atoms with E-state index in [0.717, 1.165) is 32.0 Å². The Kier molecular flexibility index (Phi) is 6.60. The summed E-state index contributed by atoms with van der Waals surface area (Å²) in [6.45, 7) is 12.9. The van der Waals surface area contributed by atoms with Gasteiger partial charge in [-0.3, -0.25) is 4.79 Å². The highest BCUT2D eigenvalue weighted by molar-refractivity contribution is 5.94. The van der Waals surface area contributed by atoms with Gasteiger partial charge in [-0.25, -0.2) is 4.98 Å². The number of likely N-dealkylation sites (tertiary alicyclic amines) is 1. The Morgan fingerprint density at radius 1 is 1.38 bits per heavy atom. The zero-order valence-corrected chi connectivity index (χ0v) is 15.7. The van der Waals surface area contributed by atoms with Crippen LogP contribution in [-0.4, -0.2) is 55.1 Å². The van der Waals surface area contributed by atoms with Gasteiger partial charge < -0.3 is 15.1 Å². The number of carbonyl (C=O) groups excluding carboxylic acids is 1. The lowest BCUT2D eigenvalue weighted by Gasteiger charge is -2.22. The number of anilines is 1. The molecule has 0 radical (unpaired) electrons. The van der Waals surface area contributed by atoms with Crippen LogP contribution in [0.25, 0.3) is 0 Å². The fourth-order valence-electron chi connectivity index (χ4n) is 3.09. The van der Waals surface area contributed by atoms with Gasteiger partial charge in [0.2, 0.25) is 0 Å². The normalized spacial score (nSPS) is 18.4. The summed E-state index contributed by atoms with van der Waals surface area (Å²) in [5.74, 6) is 2.13. The highest BCUT2D eigenvalue weighted by Gasteiger charge is 2.23. The van der Waals surface area contributed by atoms with Gasteiger partial charge in [-0.2, -0.15) is 0 Å². The van der Waals surface area contributed by atoms with Gasteiger partial charge in [0.15, 0.2) is 0 Å². The molecule has 0 aliphatic carbocycles. The maximum absolute atomic E-state index is 12.3. The van der Waals surface area contributed by atoms with Crippen LogP contribution in [0, 0.1) is 11.8 Å². The molecule has 1 amide bonds. The van der Waals surface area contributed by atoms with E-state index in [1.807, 2.05) is 19.2 Å². The number of carbonyl (C=O) groups is 1. The number of nitrogens with zero attached hydrogens (tertiary/aromatic N) is 3. The van der Waals surface area contributed by atoms with Crippen LogP contribution in [0.5, 0.6) is 0 Å². The lowest BCUT2D eigenvalue weighted by Crippen LogP contribution is -2.32. The molecule has 1 atom stereocenters. The van der Waals surface area contributed by atoms with Crippen LogP contribution in [0.2, 0.25) is 0 Å². The van der Waals surface area contributed by atoms with E-state index >= 15 is 0 Å². The Bertz CT molecular complexity index is 527. The van der Waals surface area contributed by atoms with Crippen molar-refractivity contribution in [1.29, 1.82) is 0 Å². The summed E-state index contributed by atoms with van der Waals surface area (Å²) < 4.78 is 0. The second-order valence-corrected chi connectivity index (χ2v) is 7.63. The van der Waals surface area contributed by atoms with Crippen LogP contribution in [-0.2, 0) is 0 Å². The number of nitrogens with one attached hydrogen (secondary N) is 1. The Morgan fingerprint density at radius 2 is 2.12 bits per heavy atom. The number of aromatic nitrogens is 1. The van der Waals surface area contributed by atoms with E-state index in [2.05, 4.69) is 47.8 Å². The maximum atomic E-state index is 12.3. The lowest BCUT2D eigenvalue weighted by molar-refractivity contribution is 0.0947. The van der Waals surface area contributed by atoms with E-state index in [-0.39, 0.29) is 5.91 Å². The fraction of sp³-hybridized carbons (Fsp3) is 0.684. The largest absolute Gasteiger partial charge is 0.357 e. The highest BCUT2D eigenvalue weighted by atomic mass is 16.1. The first-order valence-electron chi connectivity index (χ1n) is 9.06. The minimum atomic E-state index is -0.0245. The summed E-state index contributed by atoms with van der Waals surface area (Å²) in [4.78, 5) is 21.3. The second-order valence-electron chi connectivity index (χ2n) is 7.63. The molecule has 1 aromatic rings. The molecular weight excluding hydrogens is 300 g/mol. The summed E-state index contributed by atoms with van der Waals surface area (Å²) >= 11 is 0. The first kappa shape index (κ1) is 18.7. The van der Waals surface area contributed by atoms with Crippen molar-refractivity contribution in [3.05, 3.63) is 23.9 Å². The molecule has 0 aromatic carbocycles. The van der Waals surface area contributed by atoms with Crippen molar-refractivity contribution in [2.45, 2.75) is 40.2 Å². The van der Waals surface area contributed by atoms with Crippen LogP contribution in [0.4, 0.5) is 5.82 Å². The van der Waals surface area contributed by atoms with Gasteiger partial charge in [0, 0.05) is 38.9 Å². The number of hydrogen-bond donors (Lipinski definition) is 1. The second kappa shape index (κ2) is 8.47. The molecule has 1 fully saturated rings. The Balaban J connectivity index is 1.81. The number of pyridine rings is 1. The molecule has 2 rings (SSSR count). The molecule has 0 saturated carbocycles. The summed E-state index contributed by atoms with van der Waals surface area (Å²) in [6.07, 6.45) is 2.84. The van der Waals surface area contributed by atoms with E-state index in [9.17, 15) is 4.79 Å². The molecule has 1 saturated heterocycles. The monoisotopic (exact) mass is 332 g/mol. The van der Waals surface area contributed by atoms with Gasteiger partial charge in [-0.1, -0.05) is 13.8 Å². The van der Waals surface area contributed by atoms with Gasteiger partial charge >= 0.3 is 0 Å². The summed E-state index contributed by atoms with van der Waals surface area (Å²) in [5.41, 5.74) is 0.632. The Morgan fingerprint density at radius 3 is 2.71 bits per heavy atom. The molecule has 24 heavy (non-hydrogen) atoms. The first-order valence-corrected chi connectivity index (χ1v) is 9.06. The first-order chi connectivity index (χ1) is 11.4. The minimum Gasteiger partial charge on any atom is -0.357 e. The van der Waals surface area contributed by atoms with Crippen molar-refractivity contribution < 1.29 is 4.79 Å². The lowest BCUT2D eigenvalue weighted by atomic mass is 10.1. The molecule has 0 bridgehead atoms. The average Bonchev–Trinajstić information content (AvgIpc) is 2.98. The maximum Gasteiger partial charge on any atom is 0.252 e. The van der Waals surface area contributed by atoms with E-state index in [4.69, 9.17) is 0 Å². The van der Waals surface area contributed by atoms with E-state index in [1.165, 1.54) is 6.42 Å². The molecule has 0 unspecified atom stereocenters. The zero-order chi connectivity index (χ0) is 17.7. The number of amides is 1. The van der Waals surface area contributed by atoms with E-state index in [0.29, 0.717) is 23.4 Å². The molecule has 2 heterocycles. The minimum absolute atomic E-state index is 0.0245. The number of rotatable bonds is 7. The van der Waals surface area contributed by atoms with Crippen LogP contribution >= 0.6 is 0 Å². The summed E-state index contributed by atoms with van der Waals surface area (Å²) in [5, 5.41) is 3.07. The van der Waals surface area contributed by atoms with Crippen LogP contribution < -0.4 is 10.2 Å². The third-order valence-corrected chi connectivity index (χ3v) is 4.69. The molecule has 5 nitrogen and oxygen atoms in total. The number of hydrogen-bond acceptors (Lipinski definition) is 4. The topological polar surface area (TPSA) is 48.5 Å². The van der Waals surface area contributed by atoms with Crippen molar-refractivity contribution in [1.82, 2.24) is 15.2 Å². The predicted octanol–water partition coefficient (Wildman–Crippen LogP) is 2.63. The van der Waals surface area contributed by atoms with Crippen molar-refractivity contribution in [2.24, 2.45) is 11.8 Å². The molecule has 134 valence electrons. The smallest absolute Gasteiger partial charge is 0.252 e. The highest BCUT2D eigenvalue weighted by Crippen LogP contribution is 2.17. The summed E-state index contributed by atoms with van der Waals surface area (Å²) in [7, 11) is 2.01. The molecule has 1 aliphatic heterocycles. The molecular formula is C19H32N4O. The predicted molar refractivity (Wildman–Crippen MR) is 99.5 cm³/mol. The van der Waals surface area contributed by atoms with Gasteiger partial charge in [0.1, 0.15) is 5.82 Å². The molecule has 1 aliphatic rings. The van der Waals surface area contributed by atoms with Gasteiger partial charge in [-0.15, -0.1) is 0 Å². The zero-order valence-electron chi connectivity index (χ0n) is 15.7. The van der Waals surface area contributed by atoms with Crippen molar-refractivity contribution >= 4 is 11.7 Å². The summed E-state index contributed by atoms with van der Waals surface area (Å²) in [6, 6.07) is 4.15. The Hall–Kier alpha value is -1.62. The molecule has 1 N–H and O–H groups in total. The van der Waals surface area contributed by atoms with Crippen LogP contribution in [0.15, 0.2) is 18.3 Å². The quantitative estimate of drug-likeness (QED) is 0.834. The van der Waals surface area contributed by atoms with Crippen LogP contribution in [0.1, 0.15) is 44.5 Å². The van der Waals surface area contributed by atoms with Crippen molar-refractivity contribution in [3.63, 3.8) is 0 Å². The average molecular weight is 332 g/mol. The third kappa shape index (κ3) is 5.20. The SMILES string of the molecule is CC(C)CN1CC[C@@H](CNC(=O)c2ccc(N(C)C(C)C)nc2)C1. The van der Waals surface area contributed by atoms with E-state index < -0.39 is 0 Å². The van der Waals surface area contributed by atoms with Gasteiger partial charge in [-0.05, 0) is 50.8 Å². The molecule has 1 aromatic heterocycles. The fourth-order valence-corrected chi connectivity index (χ4v) is 3.09. The van der Waals surface area contributed by atoms with E-state index in [1.54, 1.807) is 6.20 Å². The molecule has 0 spiro atoms. The molecule has 5 heteroatoms. The van der Waals surface area contributed by atoms with Gasteiger partial charge in [0.05, 0.1) is 5.56 Å².